The fourth-order valence-corrected chi connectivity index (χ4v) is 8.46. The molecule has 3 fully saturated rings. The monoisotopic (exact) mass is 790 g/mol. The molecule has 0 radical (unpaired) electrons. The number of carbonyl (C=O) groups is 5. The lowest BCUT2D eigenvalue weighted by Gasteiger charge is -2.36. The molecule has 0 unspecified atom stereocenters. The van der Waals surface area contributed by atoms with E-state index in [0.29, 0.717) is 38.9 Å². The Labute approximate surface area is 329 Å². The molecule has 56 heavy (non-hydrogen) atoms. The zero-order valence-electron chi connectivity index (χ0n) is 32.8. The van der Waals surface area contributed by atoms with Crippen molar-refractivity contribution in [2.45, 2.75) is 109 Å². The van der Waals surface area contributed by atoms with Gasteiger partial charge in [-0.3, -0.25) is 14.4 Å². The quantitative estimate of drug-likeness (QED) is 0.167. The van der Waals surface area contributed by atoms with Gasteiger partial charge in [-0.2, -0.15) is 0 Å². The van der Waals surface area contributed by atoms with E-state index in [1.54, 1.807) is 24.6 Å². The van der Waals surface area contributed by atoms with Gasteiger partial charge in [-0.15, -0.1) is 17.9 Å². The maximum Gasteiger partial charge on any atom is 0.408 e. The number of ether oxygens (including phenoxy) is 3. The van der Waals surface area contributed by atoms with E-state index in [4.69, 9.17) is 19.2 Å². The predicted molar refractivity (Wildman–Crippen MR) is 210 cm³/mol. The molecule has 4 amide bonds. The van der Waals surface area contributed by atoms with Gasteiger partial charge in [0.15, 0.2) is 5.13 Å². The van der Waals surface area contributed by atoms with Crippen molar-refractivity contribution in [1.29, 1.82) is 0 Å². The number of carboxylic acid groups (broad SMARTS) is 1. The molecule has 15 nitrogen and oxygen atoms in total. The van der Waals surface area contributed by atoms with Crippen LogP contribution in [0, 0.1) is 18.3 Å². The van der Waals surface area contributed by atoms with Gasteiger partial charge in [-0.05, 0) is 63.5 Å². The number of alkyl carbamates (subject to hydrolysis) is 1. The predicted octanol–water partition coefficient (Wildman–Crippen LogP) is 5.60. The molecule has 300 valence electrons. The third-order valence-corrected chi connectivity index (χ3v) is 11.7. The summed E-state index contributed by atoms with van der Waals surface area (Å²) in [6, 6.07) is 3.09. The summed E-state index contributed by atoms with van der Waals surface area (Å²) >= 11 is 1.24. The van der Waals surface area contributed by atoms with Crippen LogP contribution in [-0.4, -0.2) is 92.7 Å². The number of amides is 4. The van der Waals surface area contributed by atoms with Crippen LogP contribution in [0.25, 0.3) is 22.3 Å². The maximum absolute atomic E-state index is 14.7. The number of aromatic nitrogens is 2. The molecule has 2 aromatic heterocycles. The number of anilines is 1. The van der Waals surface area contributed by atoms with Crippen molar-refractivity contribution in [2.75, 3.05) is 19.0 Å². The number of rotatable bonds is 12. The zero-order valence-corrected chi connectivity index (χ0v) is 33.6. The third kappa shape index (κ3) is 8.15. The molecule has 2 saturated carbocycles. The van der Waals surface area contributed by atoms with Crippen LogP contribution in [-0.2, 0) is 23.9 Å². The highest BCUT2D eigenvalue weighted by molar-refractivity contribution is 7.14. The average molecular weight is 791 g/mol. The fourth-order valence-electron chi connectivity index (χ4n) is 7.71. The highest BCUT2D eigenvalue weighted by Gasteiger charge is 2.61. The molecule has 4 N–H and O–H groups in total. The summed E-state index contributed by atoms with van der Waals surface area (Å²) in [7, 11) is 1.56. The number of benzene rings is 1. The van der Waals surface area contributed by atoms with Gasteiger partial charge in [0.2, 0.25) is 17.7 Å². The Morgan fingerprint density at radius 3 is 2.43 bits per heavy atom. The minimum atomic E-state index is -1.54. The molecule has 3 aromatic rings. The highest BCUT2D eigenvalue weighted by atomic mass is 32.1. The van der Waals surface area contributed by atoms with E-state index in [0.717, 1.165) is 31.2 Å². The number of hydrogen-bond acceptors (Lipinski definition) is 11. The minimum Gasteiger partial charge on any atom is -0.496 e. The highest BCUT2D eigenvalue weighted by Crippen LogP contribution is 2.45. The first-order valence-electron chi connectivity index (χ1n) is 18.7. The van der Waals surface area contributed by atoms with E-state index in [9.17, 15) is 29.1 Å². The number of carbonyl (C=O) groups excluding carboxylic acids is 4. The van der Waals surface area contributed by atoms with Gasteiger partial charge in [-0.25, -0.2) is 19.6 Å². The van der Waals surface area contributed by atoms with Gasteiger partial charge in [0.25, 0.3) is 0 Å². The Kier molecular flexibility index (Phi) is 11.1. The fraction of sp³-hybridized carbons (Fsp3) is 0.525. The van der Waals surface area contributed by atoms with E-state index in [1.807, 2.05) is 40.7 Å². The number of nitrogens with zero attached hydrogens (tertiary/aromatic N) is 3. The number of pyridine rings is 1. The topological polar surface area (TPSA) is 198 Å². The molecular formula is C40H50N6O9S. The average Bonchev–Trinajstić information content (AvgIpc) is 3.46. The van der Waals surface area contributed by atoms with Gasteiger partial charge in [0, 0.05) is 41.7 Å². The number of nitrogens with one attached hydrogen (secondary N) is 3. The Bertz CT molecular complexity index is 2070. The SMILES string of the molecule is C=C[C@@H]1C[C@]1(NC(=O)[C@@H]1C[C@@H](Oc2cc(-c3csc(NC(C)=O)n3)nc3c(C)c(OC)ccc23)CN1C(=O)[C@@H](NC(=O)OC1(C)CCCC1)C(C)(C)C)C(=O)O. The van der Waals surface area contributed by atoms with Gasteiger partial charge in [-0.1, -0.05) is 26.8 Å². The largest absolute Gasteiger partial charge is 0.496 e. The second kappa shape index (κ2) is 15.4. The Balaban J connectivity index is 1.35. The van der Waals surface area contributed by atoms with Crippen molar-refractivity contribution in [1.82, 2.24) is 25.5 Å². The van der Waals surface area contributed by atoms with E-state index in [1.165, 1.54) is 29.2 Å². The second-order valence-corrected chi connectivity index (χ2v) is 17.2. The lowest BCUT2D eigenvalue weighted by atomic mass is 9.85. The molecule has 3 heterocycles. The van der Waals surface area contributed by atoms with Crippen molar-refractivity contribution >= 4 is 57.2 Å². The van der Waals surface area contributed by atoms with Crippen molar-refractivity contribution in [3.8, 4) is 22.9 Å². The number of aliphatic carboxylic acids is 1. The van der Waals surface area contributed by atoms with Gasteiger partial charge in [0.05, 0.1) is 24.9 Å². The molecule has 3 aliphatic rings. The second-order valence-electron chi connectivity index (χ2n) is 16.3. The molecule has 5 atom stereocenters. The first-order chi connectivity index (χ1) is 26.4. The summed E-state index contributed by atoms with van der Waals surface area (Å²) in [6.45, 7) is 14.2. The van der Waals surface area contributed by atoms with Crippen molar-refractivity contribution < 1.29 is 43.3 Å². The molecule has 1 aliphatic heterocycles. The Morgan fingerprint density at radius 1 is 1.11 bits per heavy atom. The smallest absolute Gasteiger partial charge is 0.408 e. The van der Waals surface area contributed by atoms with Crippen molar-refractivity contribution in [3.05, 3.63) is 41.8 Å². The molecule has 6 rings (SSSR count). The lowest BCUT2D eigenvalue weighted by Crippen LogP contribution is -2.59. The summed E-state index contributed by atoms with van der Waals surface area (Å²) in [6.07, 6.45) is 3.52. The summed E-state index contributed by atoms with van der Waals surface area (Å²) in [5.74, 6) is -2.12. The van der Waals surface area contributed by atoms with Gasteiger partial charge >= 0.3 is 12.1 Å². The molecule has 2 aliphatic carbocycles. The first-order valence-corrected chi connectivity index (χ1v) is 19.6. The molecular weight excluding hydrogens is 741 g/mol. The summed E-state index contributed by atoms with van der Waals surface area (Å²) < 4.78 is 18.1. The molecule has 16 heteroatoms. The van der Waals surface area contributed by atoms with E-state index < -0.39 is 64.5 Å². The summed E-state index contributed by atoms with van der Waals surface area (Å²) in [5.41, 5.74) is -0.722. The maximum atomic E-state index is 14.7. The Morgan fingerprint density at radius 2 is 1.82 bits per heavy atom. The van der Waals surface area contributed by atoms with Crippen LogP contribution >= 0.6 is 11.3 Å². The number of thiazole rings is 1. The number of methoxy groups -OCH3 is 1. The van der Waals surface area contributed by atoms with Crippen molar-refractivity contribution in [2.24, 2.45) is 11.3 Å². The van der Waals surface area contributed by atoms with Gasteiger partial charge in [0.1, 0.15) is 46.5 Å². The van der Waals surface area contributed by atoms with E-state index in [2.05, 4.69) is 27.5 Å². The molecule has 1 aromatic carbocycles. The van der Waals surface area contributed by atoms with Crippen LogP contribution in [0.1, 0.15) is 78.7 Å². The normalized spacial score (nSPS) is 23.2. The molecule has 1 saturated heterocycles. The summed E-state index contributed by atoms with van der Waals surface area (Å²) in [5, 5.41) is 21.1. The molecule has 0 spiro atoms. The van der Waals surface area contributed by atoms with E-state index >= 15 is 0 Å². The minimum absolute atomic E-state index is 0.0169. The summed E-state index contributed by atoms with van der Waals surface area (Å²) in [4.78, 5) is 77.0. The van der Waals surface area contributed by atoms with E-state index in [-0.39, 0.29) is 25.3 Å². The van der Waals surface area contributed by atoms with Crippen LogP contribution in [0.3, 0.4) is 0 Å². The Hall–Kier alpha value is -5.25. The van der Waals surface area contributed by atoms with Crippen LogP contribution in [0.4, 0.5) is 9.93 Å². The standard InChI is InChI=1S/C40H50N6O9S/c1-9-23-18-40(23,35(50)51)45-33(48)28-16-24(19-46(28)34(49)32(38(4,5)6)44-37(52)55-39(7)14-10-11-15-39)54-30-17-26(27-20-56-36(43-27)41-22(3)47)42-31-21(2)29(53-8)13-12-25(30)31/h9,12-13,17,20,23-24,28,32H,1,10-11,14-16,18-19H2,2-8H3,(H,44,52)(H,45,48)(H,50,51)(H,41,43,47)/t23-,24-,28+,32-,40-/m1/s1. The molecule has 0 bridgehead atoms. The van der Waals surface area contributed by atoms with Crippen LogP contribution in [0.15, 0.2) is 36.2 Å². The van der Waals surface area contributed by atoms with Crippen LogP contribution < -0.4 is 25.4 Å². The van der Waals surface area contributed by atoms with Crippen LogP contribution in [0.5, 0.6) is 11.5 Å². The zero-order chi connectivity index (χ0) is 40.7. The number of carboxylic acids is 1. The lowest BCUT2D eigenvalue weighted by molar-refractivity contribution is -0.146. The number of hydrogen-bond donors (Lipinski definition) is 4. The number of likely N-dealkylation sites (tertiary alicyclic amines) is 1. The first kappa shape index (κ1) is 40.4. The number of fused-ring (bicyclic) bond motifs is 1. The number of aryl methyl sites for hydroxylation is 1. The van der Waals surface area contributed by atoms with Crippen LogP contribution in [0.2, 0.25) is 0 Å². The van der Waals surface area contributed by atoms with Crippen molar-refractivity contribution in [3.63, 3.8) is 0 Å². The third-order valence-electron chi connectivity index (χ3n) is 11.0. The van der Waals surface area contributed by atoms with Gasteiger partial charge < -0.3 is 40.2 Å².